The van der Waals surface area contributed by atoms with Crippen molar-refractivity contribution in [1.82, 2.24) is 20.5 Å². The summed E-state index contributed by atoms with van der Waals surface area (Å²) < 4.78 is 5.15. The Hall–Kier alpha value is -3.68. The zero-order valence-electron chi connectivity index (χ0n) is 15.9. The molecule has 3 aromatic rings. The van der Waals surface area contributed by atoms with E-state index in [1.54, 1.807) is 13.2 Å². The zero-order chi connectivity index (χ0) is 20.2. The Kier molecular flexibility index (Phi) is 5.24. The molecule has 0 unspecified atom stereocenters. The fraction of sp³-hybridized carbons (Fsp3) is 0.238. The Morgan fingerprint density at radius 1 is 1.14 bits per heavy atom. The molecule has 1 aliphatic heterocycles. The van der Waals surface area contributed by atoms with Crippen molar-refractivity contribution in [3.05, 3.63) is 71.0 Å². The number of aryl methyl sites for hydroxylation is 2. The summed E-state index contributed by atoms with van der Waals surface area (Å²) in [7, 11) is 1.64. The highest BCUT2D eigenvalue weighted by atomic mass is 16.5. The van der Waals surface area contributed by atoms with Crippen molar-refractivity contribution in [2.75, 3.05) is 12.4 Å². The number of H-pyrrole nitrogens is 1. The van der Waals surface area contributed by atoms with E-state index in [1.807, 2.05) is 42.5 Å². The van der Waals surface area contributed by atoms with Crippen molar-refractivity contribution in [3.63, 3.8) is 0 Å². The number of anilines is 1. The normalized spacial score (nSPS) is 14.9. The van der Waals surface area contributed by atoms with E-state index >= 15 is 0 Å². The molecule has 8 heteroatoms. The van der Waals surface area contributed by atoms with Gasteiger partial charge >= 0.3 is 0 Å². The van der Waals surface area contributed by atoms with Crippen LogP contribution >= 0.6 is 0 Å². The molecule has 0 bridgehead atoms. The molecular formula is C21H21N5O3. The number of benzene rings is 2. The number of ether oxygens (including phenoxy) is 1. The van der Waals surface area contributed by atoms with Gasteiger partial charge in [-0.1, -0.05) is 30.3 Å². The summed E-state index contributed by atoms with van der Waals surface area (Å²) in [5, 5.41) is 12.4. The SMILES string of the molecule is COc1ccc(CCc2nc(NC(=O)C[C@@H]3NC(=O)c4ccccc43)n[nH]2)cc1. The fourth-order valence-electron chi connectivity index (χ4n) is 3.36. The predicted molar refractivity (Wildman–Crippen MR) is 107 cm³/mol. The van der Waals surface area contributed by atoms with Crippen molar-refractivity contribution in [1.29, 1.82) is 0 Å². The van der Waals surface area contributed by atoms with Crippen LogP contribution in [0, 0.1) is 0 Å². The van der Waals surface area contributed by atoms with Crippen LogP contribution in [0.25, 0.3) is 0 Å². The minimum atomic E-state index is -0.341. The lowest BCUT2D eigenvalue weighted by Crippen LogP contribution is -2.24. The molecule has 0 saturated carbocycles. The number of nitrogens with one attached hydrogen (secondary N) is 3. The molecule has 4 rings (SSSR count). The zero-order valence-corrected chi connectivity index (χ0v) is 15.9. The second kappa shape index (κ2) is 8.14. The van der Waals surface area contributed by atoms with E-state index < -0.39 is 0 Å². The van der Waals surface area contributed by atoms with Crippen LogP contribution in [0.4, 0.5) is 5.95 Å². The van der Waals surface area contributed by atoms with Crippen molar-refractivity contribution >= 4 is 17.8 Å². The monoisotopic (exact) mass is 391 g/mol. The van der Waals surface area contributed by atoms with Gasteiger partial charge in [-0.15, -0.1) is 5.10 Å². The molecule has 3 N–H and O–H groups in total. The molecule has 29 heavy (non-hydrogen) atoms. The second-order valence-corrected chi connectivity index (χ2v) is 6.82. The van der Waals surface area contributed by atoms with Gasteiger partial charge in [0, 0.05) is 12.0 Å². The molecular weight excluding hydrogens is 370 g/mol. The molecule has 0 saturated heterocycles. The molecule has 148 valence electrons. The first kappa shape index (κ1) is 18.7. The topological polar surface area (TPSA) is 109 Å². The number of hydrogen-bond donors (Lipinski definition) is 3. The number of fused-ring (bicyclic) bond motifs is 1. The minimum Gasteiger partial charge on any atom is -0.497 e. The number of methoxy groups -OCH3 is 1. The standard InChI is InChI=1S/C21H21N5O3/c1-29-14-9-6-13(7-10-14)8-11-18-23-21(26-25-18)24-19(27)12-17-15-4-2-3-5-16(15)20(28)22-17/h2-7,9-10,17H,8,11-12H2,1H3,(H,22,28)(H2,23,24,25,26,27)/t17-/m0/s1. The van der Waals surface area contributed by atoms with Crippen LogP contribution in [0.3, 0.4) is 0 Å². The van der Waals surface area contributed by atoms with Gasteiger partial charge in [-0.2, -0.15) is 4.98 Å². The van der Waals surface area contributed by atoms with Gasteiger partial charge in [-0.3, -0.25) is 20.0 Å². The number of amides is 2. The first-order valence-electron chi connectivity index (χ1n) is 9.36. The van der Waals surface area contributed by atoms with E-state index in [0.717, 1.165) is 23.3 Å². The van der Waals surface area contributed by atoms with Gasteiger partial charge in [0.2, 0.25) is 11.9 Å². The molecule has 0 radical (unpaired) electrons. The van der Waals surface area contributed by atoms with Gasteiger partial charge in [-0.05, 0) is 35.7 Å². The molecule has 2 amide bonds. The second-order valence-electron chi connectivity index (χ2n) is 6.82. The smallest absolute Gasteiger partial charge is 0.252 e. The summed E-state index contributed by atoms with van der Waals surface area (Å²) in [6.45, 7) is 0. The van der Waals surface area contributed by atoms with Crippen LogP contribution in [0.15, 0.2) is 48.5 Å². The third-order valence-electron chi connectivity index (χ3n) is 4.87. The van der Waals surface area contributed by atoms with E-state index in [9.17, 15) is 9.59 Å². The lowest BCUT2D eigenvalue weighted by molar-refractivity contribution is -0.116. The lowest BCUT2D eigenvalue weighted by atomic mass is 10.0. The molecule has 2 aromatic carbocycles. The highest BCUT2D eigenvalue weighted by molar-refractivity contribution is 6.00. The number of carbonyl (C=O) groups is 2. The number of rotatable bonds is 7. The van der Waals surface area contributed by atoms with E-state index in [-0.39, 0.29) is 30.2 Å². The summed E-state index contributed by atoms with van der Waals surface area (Å²) in [4.78, 5) is 28.7. The predicted octanol–water partition coefficient (Wildman–Crippen LogP) is 2.41. The van der Waals surface area contributed by atoms with Gasteiger partial charge < -0.3 is 10.1 Å². The van der Waals surface area contributed by atoms with Crippen molar-refractivity contribution in [2.24, 2.45) is 0 Å². The van der Waals surface area contributed by atoms with Gasteiger partial charge in [0.1, 0.15) is 11.6 Å². The van der Waals surface area contributed by atoms with Crippen molar-refractivity contribution in [2.45, 2.75) is 25.3 Å². The molecule has 2 heterocycles. The van der Waals surface area contributed by atoms with Crippen LogP contribution in [-0.4, -0.2) is 34.1 Å². The maximum absolute atomic E-state index is 12.4. The third-order valence-corrected chi connectivity index (χ3v) is 4.87. The lowest BCUT2D eigenvalue weighted by Gasteiger charge is -2.10. The quantitative estimate of drug-likeness (QED) is 0.573. The first-order chi connectivity index (χ1) is 14.1. The van der Waals surface area contributed by atoms with Gasteiger partial charge in [0.25, 0.3) is 5.91 Å². The van der Waals surface area contributed by atoms with Crippen molar-refractivity contribution in [3.8, 4) is 5.75 Å². The Balaban J connectivity index is 1.31. The Labute approximate surface area is 167 Å². The molecule has 0 spiro atoms. The van der Waals surface area contributed by atoms with E-state index in [0.29, 0.717) is 17.8 Å². The van der Waals surface area contributed by atoms with Gasteiger partial charge in [0.05, 0.1) is 19.6 Å². The molecule has 0 fully saturated rings. The van der Waals surface area contributed by atoms with Crippen LogP contribution in [0.5, 0.6) is 5.75 Å². The summed E-state index contributed by atoms with van der Waals surface area (Å²) in [5.74, 6) is 1.33. The highest BCUT2D eigenvalue weighted by Crippen LogP contribution is 2.27. The summed E-state index contributed by atoms with van der Waals surface area (Å²) >= 11 is 0. The summed E-state index contributed by atoms with van der Waals surface area (Å²) in [6.07, 6.45) is 1.58. The number of nitrogens with zero attached hydrogens (tertiary/aromatic N) is 2. The maximum atomic E-state index is 12.4. The van der Waals surface area contributed by atoms with Crippen LogP contribution < -0.4 is 15.4 Å². The highest BCUT2D eigenvalue weighted by Gasteiger charge is 2.29. The molecule has 1 aromatic heterocycles. The molecule has 1 atom stereocenters. The van der Waals surface area contributed by atoms with Crippen LogP contribution in [0.1, 0.15) is 39.8 Å². The van der Waals surface area contributed by atoms with E-state index in [2.05, 4.69) is 25.8 Å². The number of aromatic nitrogens is 3. The first-order valence-corrected chi connectivity index (χ1v) is 9.36. The Morgan fingerprint density at radius 3 is 2.72 bits per heavy atom. The molecule has 1 aliphatic rings. The van der Waals surface area contributed by atoms with E-state index in [4.69, 9.17) is 4.74 Å². The fourth-order valence-corrected chi connectivity index (χ4v) is 3.36. The number of aromatic amines is 1. The Bertz CT molecular complexity index is 1030. The number of carbonyl (C=O) groups excluding carboxylic acids is 2. The van der Waals surface area contributed by atoms with Crippen molar-refractivity contribution < 1.29 is 14.3 Å². The van der Waals surface area contributed by atoms with Crippen LogP contribution in [0.2, 0.25) is 0 Å². The summed E-state index contributed by atoms with van der Waals surface area (Å²) in [6, 6.07) is 14.8. The average molecular weight is 391 g/mol. The van der Waals surface area contributed by atoms with E-state index in [1.165, 1.54) is 0 Å². The summed E-state index contributed by atoms with van der Waals surface area (Å²) in [5.41, 5.74) is 2.61. The van der Waals surface area contributed by atoms with Gasteiger partial charge in [0.15, 0.2) is 0 Å². The Morgan fingerprint density at radius 2 is 1.93 bits per heavy atom. The largest absolute Gasteiger partial charge is 0.497 e. The minimum absolute atomic E-state index is 0.123. The number of hydrogen-bond acceptors (Lipinski definition) is 5. The van der Waals surface area contributed by atoms with Gasteiger partial charge in [-0.25, -0.2) is 0 Å². The maximum Gasteiger partial charge on any atom is 0.252 e. The third kappa shape index (κ3) is 4.26. The van der Waals surface area contributed by atoms with Crippen LogP contribution in [-0.2, 0) is 17.6 Å². The molecule has 0 aliphatic carbocycles. The molecule has 8 nitrogen and oxygen atoms in total. The average Bonchev–Trinajstić information content (AvgIpc) is 3.31.